The number of nitrogens with zero attached hydrogens (tertiary/aromatic N) is 2. The first-order chi connectivity index (χ1) is 10.5. The molecule has 0 saturated carbocycles. The summed E-state index contributed by atoms with van der Waals surface area (Å²) in [5.41, 5.74) is 2.19. The van der Waals surface area contributed by atoms with Crippen LogP contribution in [-0.2, 0) is 6.42 Å². The van der Waals surface area contributed by atoms with Gasteiger partial charge in [-0.15, -0.1) is 0 Å². The van der Waals surface area contributed by atoms with E-state index in [1.807, 2.05) is 13.8 Å². The molecular formula is C15H17N3O4. The minimum atomic E-state index is -1.07. The van der Waals surface area contributed by atoms with Crippen LogP contribution in [0.2, 0.25) is 0 Å². The van der Waals surface area contributed by atoms with Crippen molar-refractivity contribution < 1.29 is 19.2 Å². The van der Waals surface area contributed by atoms with Gasteiger partial charge >= 0.3 is 5.97 Å². The molecule has 0 unspecified atom stereocenters. The highest BCUT2D eigenvalue weighted by Gasteiger charge is 2.10. The Morgan fingerprint density at radius 1 is 1.32 bits per heavy atom. The molecule has 0 aliphatic carbocycles. The van der Waals surface area contributed by atoms with Crippen LogP contribution in [0.15, 0.2) is 22.9 Å². The Morgan fingerprint density at radius 3 is 2.64 bits per heavy atom. The molecule has 0 spiro atoms. The van der Waals surface area contributed by atoms with Crippen molar-refractivity contribution in [2.75, 3.05) is 6.54 Å². The molecule has 1 amide bonds. The van der Waals surface area contributed by atoms with Gasteiger partial charge in [0.1, 0.15) is 11.5 Å². The normalized spacial score (nSPS) is 10.5. The van der Waals surface area contributed by atoms with Gasteiger partial charge in [-0.1, -0.05) is 5.16 Å². The maximum Gasteiger partial charge on any atom is 0.337 e. The highest BCUT2D eigenvalue weighted by molar-refractivity contribution is 5.93. The molecule has 2 rings (SSSR count). The molecule has 0 aliphatic heterocycles. The number of nitrogens with one attached hydrogen (secondary N) is 1. The molecule has 22 heavy (non-hydrogen) atoms. The summed E-state index contributed by atoms with van der Waals surface area (Å²) in [5, 5.41) is 15.4. The quantitative estimate of drug-likeness (QED) is 0.788. The fourth-order valence-corrected chi connectivity index (χ4v) is 2.07. The molecule has 2 aromatic heterocycles. The topological polar surface area (TPSA) is 105 Å². The zero-order valence-electron chi connectivity index (χ0n) is 12.4. The highest BCUT2D eigenvalue weighted by Crippen LogP contribution is 2.13. The summed E-state index contributed by atoms with van der Waals surface area (Å²) in [6.45, 7) is 4.24. The van der Waals surface area contributed by atoms with Crippen LogP contribution in [-0.4, -0.2) is 33.7 Å². The lowest BCUT2D eigenvalue weighted by molar-refractivity contribution is 0.0695. The minimum Gasteiger partial charge on any atom is -0.478 e. The Bertz CT molecular complexity index is 657. The molecule has 0 fully saturated rings. The number of hydrogen-bond donors (Lipinski definition) is 2. The number of aromatic carboxylic acids is 1. The Labute approximate surface area is 127 Å². The number of hydrogen-bond acceptors (Lipinski definition) is 5. The smallest absolute Gasteiger partial charge is 0.337 e. The van der Waals surface area contributed by atoms with Crippen molar-refractivity contribution in [2.24, 2.45) is 0 Å². The summed E-state index contributed by atoms with van der Waals surface area (Å²) in [5.74, 6) is -0.593. The van der Waals surface area contributed by atoms with Gasteiger partial charge in [-0.2, -0.15) is 0 Å². The number of pyridine rings is 1. The van der Waals surface area contributed by atoms with Crippen LogP contribution in [0.1, 0.15) is 44.3 Å². The van der Waals surface area contributed by atoms with Crippen molar-refractivity contribution in [2.45, 2.75) is 26.7 Å². The lowest BCUT2D eigenvalue weighted by atomic mass is 10.1. The first-order valence-corrected chi connectivity index (χ1v) is 6.88. The van der Waals surface area contributed by atoms with Gasteiger partial charge in [-0.3, -0.25) is 9.78 Å². The van der Waals surface area contributed by atoms with Crippen LogP contribution in [0.3, 0.4) is 0 Å². The maximum atomic E-state index is 11.9. The van der Waals surface area contributed by atoms with Gasteiger partial charge in [0.25, 0.3) is 5.91 Å². The average molecular weight is 303 g/mol. The van der Waals surface area contributed by atoms with Crippen LogP contribution in [0.25, 0.3) is 0 Å². The third-order valence-corrected chi connectivity index (χ3v) is 3.31. The largest absolute Gasteiger partial charge is 0.478 e. The lowest BCUT2D eigenvalue weighted by Gasteiger charge is -2.05. The van der Waals surface area contributed by atoms with E-state index in [1.54, 1.807) is 0 Å². The van der Waals surface area contributed by atoms with Gasteiger partial charge in [0.15, 0.2) is 0 Å². The van der Waals surface area contributed by atoms with E-state index < -0.39 is 5.97 Å². The van der Waals surface area contributed by atoms with Gasteiger partial charge in [-0.25, -0.2) is 4.79 Å². The molecule has 7 nitrogen and oxygen atoms in total. The number of aryl methyl sites for hydroxylation is 2. The average Bonchev–Trinajstić information content (AvgIpc) is 2.82. The van der Waals surface area contributed by atoms with Gasteiger partial charge < -0.3 is 14.9 Å². The van der Waals surface area contributed by atoms with E-state index in [9.17, 15) is 9.59 Å². The molecular weight excluding hydrogens is 286 g/mol. The number of amides is 1. The van der Waals surface area contributed by atoms with Gasteiger partial charge in [0.05, 0.1) is 11.3 Å². The standard InChI is InChI=1S/C15H17N3O4/c1-9-12(10(2)22-18-9)4-3-7-16-14(19)13-6-5-11(8-17-13)15(20)21/h5-6,8H,3-4,7H2,1-2H3,(H,16,19)(H,20,21). The third-order valence-electron chi connectivity index (χ3n) is 3.31. The summed E-state index contributed by atoms with van der Waals surface area (Å²) in [6, 6.07) is 2.75. The highest BCUT2D eigenvalue weighted by atomic mass is 16.5. The van der Waals surface area contributed by atoms with E-state index in [-0.39, 0.29) is 17.2 Å². The first-order valence-electron chi connectivity index (χ1n) is 6.88. The second-order valence-electron chi connectivity index (χ2n) is 4.90. The van der Waals surface area contributed by atoms with Gasteiger partial charge in [-0.05, 0) is 38.8 Å². The van der Waals surface area contributed by atoms with Crippen molar-refractivity contribution >= 4 is 11.9 Å². The Balaban J connectivity index is 1.81. The fourth-order valence-electron chi connectivity index (χ4n) is 2.07. The van der Waals surface area contributed by atoms with Crippen molar-refractivity contribution in [3.8, 4) is 0 Å². The van der Waals surface area contributed by atoms with Crippen LogP contribution in [0.5, 0.6) is 0 Å². The monoisotopic (exact) mass is 303 g/mol. The van der Waals surface area contributed by atoms with Gasteiger partial charge in [0, 0.05) is 18.3 Å². The number of carboxylic acids is 1. The summed E-state index contributed by atoms with van der Waals surface area (Å²) < 4.78 is 5.08. The van der Waals surface area contributed by atoms with Crippen molar-refractivity contribution in [1.82, 2.24) is 15.5 Å². The van der Waals surface area contributed by atoms with E-state index in [2.05, 4.69) is 15.5 Å². The van der Waals surface area contributed by atoms with E-state index in [1.165, 1.54) is 18.3 Å². The van der Waals surface area contributed by atoms with E-state index in [4.69, 9.17) is 9.63 Å². The zero-order chi connectivity index (χ0) is 16.1. The lowest BCUT2D eigenvalue weighted by Crippen LogP contribution is -2.25. The second kappa shape index (κ2) is 6.84. The molecule has 0 bridgehead atoms. The van der Waals surface area contributed by atoms with Crippen LogP contribution >= 0.6 is 0 Å². The molecule has 0 radical (unpaired) electrons. The Hall–Kier alpha value is -2.70. The third kappa shape index (κ3) is 3.69. The van der Waals surface area contributed by atoms with Crippen molar-refractivity contribution in [3.63, 3.8) is 0 Å². The molecule has 2 aromatic rings. The van der Waals surface area contributed by atoms with Crippen LogP contribution in [0, 0.1) is 13.8 Å². The first kappa shape index (κ1) is 15.7. The molecule has 0 atom stereocenters. The van der Waals surface area contributed by atoms with Crippen LogP contribution in [0.4, 0.5) is 0 Å². The predicted molar refractivity (Wildman–Crippen MR) is 77.8 cm³/mol. The summed E-state index contributed by atoms with van der Waals surface area (Å²) in [4.78, 5) is 26.4. The molecule has 0 aliphatic rings. The number of carboxylic acid groups (broad SMARTS) is 1. The zero-order valence-corrected chi connectivity index (χ0v) is 12.4. The number of rotatable bonds is 6. The van der Waals surface area contributed by atoms with Gasteiger partial charge in [0.2, 0.25) is 0 Å². The molecule has 7 heteroatoms. The number of carbonyl (C=O) groups is 2. The van der Waals surface area contributed by atoms with Crippen molar-refractivity contribution in [1.29, 1.82) is 0 Å². The van der Waals surface area contributed by atoms with Crippen LogP contribution < -0.4 is 5.32 Å². The molecule has 0 saturated heterocycles. The fraction of sp³-hybridized carbons (Fsp3) is 0.333. The summed E-state index contributed by atoms with van der Waals surface area (Å²) in [7, 11) is 0. The Kier molecular flexibility index (Phi) is 4.88. The number of aromatic nitrogens is 2. The maximum absolute atomic E-state index is 11.9. The molecule has 2 heterocycles. The van der Waals surface area contributed by atoms with Crippen molar-refractivity contribution in [3.05, 3.63) is 46.6 Å². The summed E-state index contributed by atoms with van der Waals surface area (Å²) in [6.07, 6.45) is 2.69. The Morgan fingerprint density at radius 2 is 2.09 bits per heavy atom. The second-order valence-corrected chi connectivity index (χ2v) is 4.90. The molecule has 0 aromatic carbocycles. The molecule has 2 N–H and O–H groups in total. The van der Waals surface area contributed by atoms with E-state index in [0.717, 1.165) is 29.9 Å². The van der Waals surface area contributed by atoms with E-state index >= 15 is 0 Å². The SMILES string of the molecule is Cc1noc(C)c1CCCNC(=O)c1ccc(C(=O)O)cn1. The number of carbonyl (C=O) groups excluding carboxylic acids is 1. The predicted octanol–water partition coefficient (Wildman–Crippen LogP) is 1.75. The molecule has 116 valence electrons. The van der Waals surface area contributed by atoms with E-state index in [0.29, 0.717) is 6.54 Å². The minimum absolute atomic E-state index is 0.0509. The summed E-state index contributed by atoms with van der Waals surface area (Å²) >= 11 is 0.